The van der Waals surface area contributed by atoms with Gasteiger partial charge >= 0.3 is 0 Å². The molecule has 1 saturated heterocycles. The number of rotatable bonds is 11. The van der Waals surface area contributed by atoms with Crippen LogP contribution in [0.25, 0.3) is 11.0 Å². The highest BCUT2D eigenvalue weighted by Gasteiger charge is 2.28. The Bertz CT molecular complexity index is 1690. The molecule has 1 atom stereocenters. The lowest BCUT2D eigenvalue weighted by Gasteiger charge is -2.16. The molecule has 226 valence electrons. The average molecular weight is 593 g/mol. The largest absolute Gasteiger partial charge is 0.456 e. The van der Waals surface area contributed by atoms with Crippen molar-refractivity contribution < 1.29 is 14.3 Å². The molecule has 1 aliphatic heterocycles. The lowest BCUT2D eigenvalue weighted by molar-refractivity contribution is -0.125. The molecule has 2 amide bonds. The molecule has 3 aliphatic rings. The van der Waals surface area contributed by atoms with E-state index in [0.717, 1.165) is 18.4 Å². The third-order valence-corrected chi connectivity index (χ3v) is 8.51. The van der Waals surface area contributed by atoms with Gasteiger partial charge < -0.3 is 20.3 Å². The van der Waals surface area contributed by atoms with Crippen LogP contribution in [0.3, 0.4) is 0 Å². The van der Waals surface area contributed by atoms with E-state index in [2.05, 4.69) is 42.7 Å². The van der Waals surface area contributed by atoms with Crippen LogP contribution in [0.15, 0.2) is 67.0 Å². The van der Waals surface area contributed by atoms with E-state index in [0.29, 0.717) is 59.4 Å². The fourth-order valence-corrected chi connectivity index (χ4v) is 5.65. The van der Waals surface area contributed by atoms with Crippen molar-refractivity contribution in [2.75, 3.05) is 37.3 Å². The molecule has 11 heteroatoms. The maximum absolute atomic E-state index is 12.8. The molecule has 11 nitrogen and oxygen atoms in total. The second-order valence-electron chi connectivity index (χ2n) is 11.9. The standard InChI is InChI=1S/C33H36N8O3/c1-40(25-8-9-25)17-2-3-29(42)41-18-14-24(20-41)36-32-30-27(13-16-35-31(30)38-39-32)44-26-10-6-22(7-11-26)33(43)37-28-19-23(12-15-34-28)21-4-5-21/h2-3,6-7,10-13,15-16,19,21,24-25H,4-5,8-9,14,17-18,20H2,1H3,(H,34,37,43)(H2,35,36,38,39)/b3-2+. The van der Waals surface area contributed by atoms with Gasteiger partial charge in [0.2, 0.25) is 5.91 Å². The Hall–Kier alpha value is -4.77. The van der Waals surface area contributed by atoms with E-state index >= 15 is 0 Å². The van der Waals surface area contributed by atoms with E-state index in [-0.39, 0.29) is 17.9 Å². The first-order valence-corrected chi connectivity index (χ1v) is 15.3. The zero-order valence-corrected chi connectivity index (χ0v) is 24.7. The van der Waals surface area contributed by atoms with Gasteiger partial charge in [-0.25, -0.2) is 9.97 Å². The Morgan fingerprint density at radius 2 is 1.89 bits per heavy atom. The molecule has 3 aromatic heterocycles. The van der Waals surface area contributed by atoms with Crippen molar-refractivity contribution in [3.05, 3.63) is 78.1 Å². The van der Waals surface area contributed by atoms with E-state index in [1.54, 1.807) is 48.8 Å². The minimum Gasteiger partial charge on any atom is -0.456 e. The summed E-state index contributed by atoms with van der Waals surface area (Å²) >= 11 is 0. The maximum Gasteiger partial charge on any atom is 0.256 e. The lowest BCUT2D eigenvalue weighted by Crippen LogP contribution is -2.30. The Kier molecular flexibility index (Phi) is 7.69. The number of hydrogen-bond acceptors (Lipinski definition) is 8. The van der Waals surface area contributed by atoms with Crippen molar-refractivity contribution in [2.24, 2.45) is 0 Å². The summed E-state index contributed by atoms with van der Waals surface area (Å²) < 4.78 is 6.24. The third kappa shape index (κ3) is 6.42. The van der Waals surface area contributed by atoms with Crippen LogP contribution in [0.5, 0.6) is 11.5 Å². The molecule has 1 unspecified atom stereocenters. The van der Waals surface area contributed by atoms with Crippen molar-refractivity contribution >= 4 is 34.5 Å². The molecular formula is C33H36N8O3. The molecule has 3 fully saturated rings. The van der Waals surface area contributed by atoms with Crippen LogP contribution >= 0.6 is 0 Å². The van der Waals surface area contributed by atoms with Gasteiger partial charge in [0.25, 0.3) is 5.91 Å². The summed E-state index contributed by atoms with van der Waals surface area (Å²) in [6.07, 6.45) is 12.8. The van der Waals surface area contributed by atoms with Gasteiger partial charge in [0.15, 0.2) is 11.5 Å². The fourth-order valence-electron chi connectivity index (χ4n) is 5.65. The molecule has 7 rings (SSSR count). The van der Waals surface area contributed by atoms with Crippen LogP contribution in [-0.4, -0.2) is 80.5 Å². The van der Waals surface area contributed by atoms with Crippen molar-refractivity contribution in [2.45, 2.75) is 50.1 Å². The summed E-state index contributed by atoms with van der Waals surface area (Å²) in [7, 11) is 2.10. The number of carbonyl (C=O) groups excluding carboxylic acids is 2. The van der Waals surface area contributed by atoms with Crippen molar-refractivity contribution in [3.63, 3.8) is 0 Å². The highest BCUT2D eigenvalue weighted by atomic mass is 16.5. The molecule has 0 radical (unpaired) electrons. The topological polar surface area (TPSA) is 128 Å². The van der Waals surface area contributed by atoms with Gasteiger partial charge in [-0.1, -0.05) is 6.08 Å². The SMILES string of the molecule is CN(C/C=C/C(=O)N1CCC(Nc2n[nH]c3nccc(Oc4ccc(C(=O)Nc5cc(C6CC6)ccn5)cc4)c23)C1)C1CC1. The number of carbonyl (C=O) groups is 2. The van der Waals surface area contributed by atoms with Gasteiger partial charge in [-0.15, -0.1) is 0 Å². The number of ether oxygens (including phenoxy) is 1. The molecule has 44 heavy (non-hydrogen) atoms. The zero-order valence-electron chi connectivity index (χ0n) is 24.7. The number of amides is 2. The monoisotopic (exact) mass is 592 g/mol. The molecule has 0 spiro atoms. The third-order valence-electron chi connectivity index (χ3n) is 8.51. The van der Waals surface area contributed by atoms with E-state index in [1.807, 2.05) is 23.1 Å². The second kappa shape index (κ2) is 12.1. The normalized spacial score (nSPS) is 18.3. The smallest absolute Gasteiger partial charge is 0.256 e. The highest BCUT2D eigenvalue weighted by molar-refractivity contribution is 6.03. The number of likely N-dealkylation sites (tertiary alicyclic amines) is 1. The van der Waals surface area contributed by atoms with Gasteiger partial charge in [0, 0.05) is 61.8 Å². The van der Waals surface area contributed by atoms with Crippen molar-refractivity contribution in [1.82, 2.24) is 30.0 Å². The Labute approximate surface area is 255 Å². The van der Waals surface area contributed by atoms with E-state index in [1.165, 1.54) is 31.2 Å². The number of likely N-dealkylation sites (N-methyl/N-ethyl adjacent to an activating group) is 1. The number of anilines is 2. The van der Waals surface area contributed by atoms with Crippen LogP contribution in [0.4, 0.5) is 11.6 Å². The van der Waals surface area contributed by atoms with Gasteiger partial charge in [-0.05, 0) is 87.0 Å². The summed E-state index contributed by atoms with van der Waals surface area (Å²) in [6, 6.07) is 13.5. The molecule has 1 aromatic carbocycles. The van der Waals surface area contributed by atoms with Crippen molar-refractivity contribution in [3.8, 4) is 11.5 Å². The average Bonchev–Trinajstić information content (AvgIpc) is 3.97. The van der Waals surface area contributed by atoms with Crippen LogP contribution in [0.1, 0.15) is 53.9 Å². The predicted molar refractivity (Wildman–Crippen MR) is 168 cm³/mol. The molecule has 4 aromatic rings. The summed E-state index contributed by atoms with van der Waals surface area (Å²) in [5.41, 5.74) is 2.32. The second-order valence-corrected chi connectivity index (χ2v) is 11.9. The molecule has 2 aliphatic carbocycles. The number of nitrogens with one attached hydrogen (secondary N) is 3. The molecule has 0 bridgehead atoms. The fraction of sp³-hybridized carbons (Fsp3) is 0.364. The highest BCUT2D eigenvalue weighted by Crippen LogP contribution is 2.40. The van der Waals surface area contributed by atoms with Gasteiger partial charge in [0.05, 0.1) is 0 Å². The number of benzene rings is 1. The molecule has 2 saturated carbocycles. The number of hydrogen-bond donors (Lipinski definition) is 3. The van der Waals surface area contributed by atoms with Gasteiger partial charge in [0.1, 0.15) is 22.7 Å². The summed E-state index contributed by atoms with van der Waals surface area (Å²) in [6.45, 7) is 2.07. The number of aromatic nitrogens is 4. The predicted octanol–water partition coefficient (Wildman–Crippen LogP) is 4.94. The van der Waals surface area contributed by atoms with Crippen LogP contribution in [-0.2, 0) is 4.79 Å². The van der Waals surface area contributed by atoms with Gasteiger partial charge in [-0.2, -0.15) is 5.10 Å². The van der Waals surface area contributed by atoms with Crippen LogP contribution < -0.4 is 15.4 Å². The van der Waals surface area contributed by atoms with Crippen LogP contribution in [0, 0.1) is 0 Å². The molecule has 4 heterocycles. The van der Waals surface area contributed by atoms with Crippen molar-refractivity contribution in [1.29, 1.82) is 0 Å². The number of fused-ring (bicyclic) bond motifs is 1. The van der Waals surface area contributed by atoms with Gasteiger partial charge in [-0.3, -0.25) is 19.6 Å². The minimum atomic E-state index is -0.227. The Balaban J connectivity index is 0.977. The quantitative estimate of drug-likeness (QED) is 0.209. The first-order chi connectivity index (χ1) is 21.5. The number of aromatic amines is 1. The summed E-state index contributed by atoms with van der Waals surface area (Å²) in [4.78, 5) is 38.4. The Morgan fingerprint density at radius 3 is 2.68 bits per heavy atom. The number of pyridine rings is 2. The number of H-pyrrole nitrogens is 1. The number of nitrogens with zero attached hydrogens (tertiary/aromatic N) is 5. The minimum absolute atomic E-state index is 0.0382. The zero-order chi connectivity index (χ0) is 30.0. The van der Waals surface area contributed by atoms with E-state index in [9.17, 15) is 9.59 Å². The first-order valence-electron chi connectivity index (χ1n) is 15.3. The van der Waals surface area contributed by atoms with E-state index < -0.39 is 0 Å². The van der Waals surface area contributed by atoms with Crippen LogP contribution in [0.2, 0.25) is 0 Å². The molecule has 3 N–H and O–H groups in total. The summed E-state index contributed by atoms with van der Waals surface area (Å²) in [5, 5.41) is 14.5. The lowest BCUT2D eigenvalue weighted by atomic mass is 10.1. The summed E-state index contributed by atoms with van der Waals surface area (Å²) in [5.74, 6) is 2.74. The Morgan fingerprint density at radius 1 is 1.07 bits per heavy atom. The molecular weight excluding hydrogens is 556 g/mol. The first kappa shape index (κ1) is 28.0. The maximum atomic E-state index is 12.8. The van der Waals surface area contributed by atoms with E-state index in [4.69, 9.17) is 4.74 Å².